The average Bonchev–Trinajstić information content (AvgIpc) is 3.48. The van der Waals surface area contributed by atoms with Crippen LogP contribution < -0.4 is 16.0 Å². The summed E-state index contributed by atoms with van der Waals surface area (Å²) in [5.74, 6) is -5.02. The van der Waals surface area contributed by atoms with Gasteiger partial charge in [0, 0.05) is 23.9 Å². The van der Waals surface area contributed by atoms with Gasteiger partial charge in [0.1, 0.15) is 23.4 Å². The van der Waals surface area contributed by atoms with E-state index in [0.29, 0.717) is 25.5 Å². The van der Waals surface area contributed by atoms with Gasteiger partial charge in [0.2, 0.25) is 11.8 Å². The summed E-state index contributed by atoms with van der Waals surface area (Å²) in [4.78, 5) is 66.8. The lowest BCUT2D eigenvalue weighted by Crippen LogP contribution is -2.53. The summed E-state index contributed by atoms with van der Waals surface area (Å²) in [6, 6.07) is 0.929. The molecular weight excluding hydrogens is 538 g/mol. The molecule has 1 saturated carbocycles. The van der Waals surface area contributed by atoms with E-state index in [2.05, 4.69) is 20.9 Å². The molecule has 0 bridgehead atoms. The van der Waals surface area contributed by atoms with Crippen LogP contribution in [0.5, 0.6) is 0 Å². The first-order valence-corrected chi connectivity index (χ1v) is 14.0. The second kappa shape index (κ2) is 12.8. The number of hydrogen-bond acceptors (Lipinski definition) is 6. The topological polar surface area (TPSA) is 146 Å². The molecule has 2 aliphatic rings. The number of Topliss-reactive ketones (excluding diaryl/α,β-unsaturated/α-hetero) is 1. The molecule has 1 aromatic heterocycles. The van der Waals surface area contributed by atoms with E-state index < -0.39 is 65.7 Å². The van der Waals surface area contributed by atoms with Gasteiger partial charge in [0.15, 0.2) is 12.4 Å². The van der Waals surface area contributed by atoms with Crippen molar-refractivity contribution in [2.24, 2.45) is 23.7 Å². The molecule has 1 aliphatic carbocycles. The monoisotopic (exact) mass is 574 g/mol. The normalized spacial score (nSPS) is 19.0. The molecule has 41 heavy (non-hydrogen) atoms. The van der Waals surface area contributed by atoms with Gasteiger partial charge in [0.05, 0.1) is 17.5 Å². The molecular formula is C29H36F2N4O6. The number of benzene rings is 1. The Bertz CT molecular complexity index is 1340. The molecule has 1 aliphatic heterocycles. The maximum absolute atomic E-state index is 14.1. The standard InChI is InChI=1S/C29H36F2N4O6/c1-14(2)15(3)29(40)41-13-24(36)21(10-17-6-7-32-26(17)37)34-27(38)22(8-16-4-5-16)35-28(39)23-11-18-9-19(30)12-20(31)25(18)33-23/h9,11-12,14-17,21-22,33H,4-8,10,13H2,1-3H3,(H,32,37)(H,34,38)(H,35,39)/t15-,17-,21-,22-/m0/s1. The van der Waals surface area contributed by atoms with E-state index in [4.69, 9.17) is 4.74 Å². The van der Waals surface area contributed by atoms with Crippen molar-refractivity contribution in [2.75, 3.05) is 13.2 Å². The first-order chi connectivity index (χ1) is 19.4. The van der Waals surface area contributed by atoms with E-state index in [-0.39, 0.29) is 40.8 Å². The molecule has 1 saturated heterocycles. The van der Waals surface area contributed by atoms with Crippen molar-refractivity contribution >= 4 is 40.4 Å². The second-order valence-corrected chi connectivity index (χ2v) is 11.4. The maximum Gasteiger partial charge on any atom is 0.309 e. The fraction of sp³-hybridized carbons (Fsp3) is 0.552. The van der Waals surface area contributed by atoms with Crippen LogP contribution in [-0.4, -0.2) is 59.7 Å². The summed E-state index contributed by atoms with van der Waals surface area (Å²) in [6.45, 7) is 5.30. The summed E-state index contributed by atoms with van der Waals surface area (Å²) in [5, 5.41) is 8.20. The van der Waals surface area contributed by atoms with E-state index in [1.807, 2.05) is 13.8 Å². The Kier molecular flexibility index (Phi) is 9.39. The van der Waals surface area contributed by atoms with E-state index >= 15 is 0 Å². The van der Waals surface area contributed by atoms with E-state index in [1.165, 1.54) is 6.07 Å². The number of carbonyl (C=O) groups excluding carboxylic acids is 5. The van der Waals surface area contributed by atoms with Crippen molar-refractivity contribution in [2.45, 2.75) is 65.0 Å². The molecule has 3 amide bonds. The molecule has 2 aromatic rings. The van der Waals surface area contributed by atoms with Gasteiger partial charge in [-0.25, -0.2) is 8.78 Å². The zero-order chi connectivity index (χ0) is 29.8. The average molecular weight is 575 g/mol. The third-order valence-corrected chi connectivity index (χ3v) is 7.89. The lowest BCUT2D eigenvalue weighted by Gasteiger charge is -2.24. The van der Waals surface area contributed by atoms with Crippen molar-refractivity contribution < 1.29 is 37.5 Å². The maximum atomic E-state index is 14.1. The lowest BCUT2D eigenvalue weighted by atomic mass is 9.95. The number of halogens is 2. The van der Waals surface area contributed by atoms with Crippen LogP contribution in [0.3, 0.4) is 0 Å². The molecule has 1 aromatic carbocycles. The van der Waals surface area contributed by atoms with Gasteiger partial charge in [-0.15, -0.1) is 0 Å². The number of ether oxygens (including phenoxy) is 1. The Labute approximate surface area is 236 Å². The SMILES string of the molecule is CC(C)[C@H](C)C(=O)OCC(=O)[C@H](C[C@@H]1CCNC1=O)NC(=O)[C@H](CC1CC1)NC(=O)c1cc2cc(F)cc(F)c2[nH]1. The van der Waals surface area contributed by atoms with Gasteiger partial charge in [-0.1, -0.05) is 33.6 Å². The number of H-pyrrole nitrogens is 1. The Morgan fingerprint density at radius 2 is 1.73 bits per heavy atom. The van der Waals surface area contributed by atoms with Crippen molar-refractivity contribution in [1.29, 1.82) is 0 Å². The van der Waals surface area contributed by atoms with Crippen LogP contribution in [0.2, 0.25) is 0 Å². The summed E-state index contributed by atoms with van der Waals surface area (Å²) >= 11 is 0. The molecule has 4 rings (SSSR count). The highest BCUT2D eigenvalue weighted by molar-refractivity contribution is 6.01. The molecule has 0 unspecified atom stereocenters. The minimum atomic E-state index is -1.12. The van der Waals surface area contributed by atoms with Gasteiger partial charge in [-0.3, -0.25) is 24.0 Å². The number of esters is 1. The molecule has 2 fully saturated rings. The van der Waals surface area contributed by atoms with Crippen LogP contribution in [0.1, 0.15) is 63.4 Å². The number of aromatic amines is 1. The number of aromatic nitrogens is 1. The Morgan fingerprint density at radius 1 is 1.00 bits per heavy atom. The van der Waals surface area contributed by atoms with Crippen molar-refractivity contribution in [3.05, 3.63) is 35.5 Å². The third-order valence-electron chi connectivity index (χ3n) is 7.89. The number of carbonyl (C=O) groups is 5. The molecule has 0 spiro atoms. The lowest BCUT2D eigenvalue weighted by molar-refractivity contribution is -0.153. The molecule has 4 N–H and O–H groups in total. The number of ketones is 1. The van der Waals surface area contributed by atoms with Crippen molar-refractivity contribution in [1.82, 2.24) is 20.9 Å². The smallest absolute Gasteiger partial charge is 0.309 e. The van der Waals surface area contributed by atoms with Gasteiger partial charge in [-0.2, -0.15) is 0 Å². The number of rotatable bonds is 13. The first-order valence-electron chi connectivity index (χ1n) is 14.0. The quantitative estimate of drug-likeness (QED) is 0.271. The summed E-state index contributed by atoms with van der Waals surface area (Å²) in [7, 11) is 0. The van der Waals surface area contributed by atoms with Gasteiger partial charge in [0.25, 0.3) is 5.91 Å². The number of hydrogen-bond donors (Lipinski definition) is 4. The highest BCUT2D eigenvalue weighted by Crippen LogP contribution is 2.34. The molecule has 222 valence electrons. The number of nitrogens with one attached hydrogen (secondary N) is 4. The van der Waals surface area contributed by atoms with Crippen LogP contribution in [0.4, 0.5) is 8.78 Å². The minimum absolute atomic E-state index is 0.00913. The van der Waals surface area contributed by atoms with Crippen LogP contribution in [0, 0.1) is 35.3 Å². The van der Waals surface area contributed by atoms with E-state index in [1.54, 1.807) is 6.92 Å². The summed E-state index contributed by atoms with van der Waals surface area (Å²) in [5.41, 5.74) is -0.0962. The summed E-state index contributed by atoms with van der Waals surface area (Å²) in [6.07, 6.45) is 2.58. The highest BCUT2D eigenvalue weighted by Gasteiger charge is 2.36. The predicted octanol–water partition coefficient (Wildman–Crippen LogP) is 2.76. The van der Waals surface area contributed by atoms with Crippen LogP contribution in [-0.2, 0) is 23.9 Å². The van der Waals surface area contributed by atoms with E-state index in [9.17, 15) is 32.8 Å². The molecule has 12 heteroatoms. The first kappa shape index (κ1) is 30.1. The fourth-order valence-corrected chi connectivity index (χ4v) is 4.79. The molecule has 10 nitrogen and oxygen atoms in total. The van der Waals surface area contributed by atoms with Gasteiger partial charge in [-0.05, 0) is 43.2 Å². The molecule has 2 heterocycles. The van der Waals surface area contributed by atoms with E-state index in [0.717, 1.165) is 18.9 Å². The number of amides is 3. The fourth-order valence-electron chi connectivity index (χ4n) is 4.79. The van der Waals surface area contributed by atoms with Crippen LogP contribution >= 0.6 is 0 Å². The summed E-state index contributed by atoms with van der Waals surface area (Å²) < 4.78 is 33.0. The van der Waals surface area contributed by atoms with Crippen LogP contribution in [0.15, 0.2) is 18.2 Å². The Balaban J connectivity index is 1.47. The van der Waals surface area contributed by atoms with Crippen molar-refractivity contribution in [3.8, 4) is 0 Å². The van der Waals surface area contributed by atoms with Crippen molar-refractivity contribution in [3.63, 3.8) is 0 Å². The number of fused-ring (bicyclic) bond motifs is 1. The predicted molar refractivity (Wildman–Crippen MR) is 144 cm³/mol. The van der Waals surface area contributed by atoms with Crippen LogP contribution in [0.25, 0.3) is 10.9 Å². The molecule has 4 atom stereocenters. The third kappa shape index (κ3) is 7.68. The highest BCUT2D eigenvalue weighted by atomic mass is 19.1. The Morgan fingerprint density at radius 3 is 2.37 bits per heavy atom. The zero-order valence-electron chi connectivity index (χ0n) is 23.4. The Hall–Kier alpha value is -3.83. The van der Waals surface area contributed by atoms with Gasteiger partial charge < -0.3 is 25.7 Å². The largest absolute Gasteiger partial charge is 0.457 e. The van der Waals surface area contributed by atoms with Gasteiger partial charge >= 0.3 is 5.97 Å². The zero-order valence-corrected chi connectivity index (χ0v) is 23.4. The minimum Gasteiger partial charge on any atom is -0.457 e. The second-order valence-electron chi connectivity index (χ2n) is 11.4. The molecule has 0 radical (unpaired) electrons.